The summed E-state index contributed by atoms with van der Waals surface area (Å²) in [4.78, 5) is 27.4. The summed E-state index contributed by atoms with van der Waals surface area (Å²) in [5.41, 5.74) is 8.28. The number of carbonyl (C=O) groups excluding carboxylic acids is 1. The molecule has 0 bridgehead atoms. The minimum Gasteiger partial charge on any atom is -0.398 e. The number of anilines is 1. The number of H-pyrrole nitrogens is 1. The molecule has 1 heterocycles. The molecule has 106 valence electrons. The van der Waals surface area contributed by atoms with Crippen molar-refractivity contribution in [2.75, 3.05) is 5.73 Å². The van der Waals surface area contributed by atoms with Crippen LogP contribution in [0.4, 0.5) is 5.69 Å². The van der Waals surface area contributed by atoms with E-state index in [2.05, 4.69) is 20.9 Å². The van der Waals surface area contributed by atoms with Gasteiger partial charge in [0.15, 0.2) is 0 Å². The number of fused-ring (bicyclic) bond motifs is 1. The van der Waals surface area contributed by atoms with Gasteiger partial charge in [0, 0.05) is 10.2 Å². The number of carbonyl (C=O) groups is 1. The number of benzene rings is 2. The fraction of sp³-hybridized carbons (Fsp3) is 0.0667. The van der Waals surface area contributed by atoms with Crippen molar-refractivity contribution in [2.24, 2.45) is 0 Å². The molecule has 6 heteroatoms. The first-order valence-corrected chi connectivity index (χ1v) is 7.08. The molecule has 21 heavy (non-hydrogen) atoms. The van der Waals surface area contributed by atoms with Gasteiger partial charge in [-0.05, 0) is 52.7 Å². The predicted octanol–water partition coefficient (Wildman–Crippen LogP) is 2.67. The van der Waals surface area contributed by atoms with Crippen molar-refractivity contribution in [3.05, 3.63) is 62.5 Å². The van der Waals surface area contributed by atoms with E-state index in [0.29, 0.717) is 26.8 Å². The van der Waals surface area contributed by atoms with Gasteiger partial charge in [0.1, 0.15) is 0 Å². The van der Waals surface area contributed by atoms with Crippen LogP contribution < -0.4 is 11.4 Å². The Bertz CT molecular complexity index is 924. The van der Waals surface area contributed by atoms with E-state index in [9.17, 15) is 9.59 Å². The first kappa shape index (κ1) is 13.6. The SMILES string of the molecule is Cc1cc2[nH]c(=O)n(C(=O)c3ccccc3Br)c2cc1N. The summed E-state index contributed by atoms with van der Waals surface area (Å²) in [7, 11) is 0. The number of nitrogen functional groups attached to an aromatic ring is 1. The molecule has 0 saturated carbocycles. The molecule has 0 amide bonds. The maximum atomic E-state index is 12.6. The summed E-state index contributed by atoms with van der Waals surface area (Å²) in [6, 6.07) is 10.4. The van der Waals surface area contributed by atoms with E-state index < -0.39 is 11.6 Å². The van der Waals surface area contributed by atoms with E-state index >= 15 is 0 Å². The second-order valence-corrected chi connectivity index (χ2v) is 5.63. The molecular weight excluding hydrogens is 334 g/mol. The highest BCUT2D eigenvalue weighted by Crippen LogP contribution is 2.22. The van der Waals surface area contributed by atoms with Crippen LogP contribution in [0.25, 0.3) is 11.0 Å². The molecule has 0 saturated heterocycles. The second kappa shape index (κ2) is 4.89. The van der Waals surface area contributed by atoms with Crippen LogP contribution in [0.1, 0.15) is 15.9 Å². The van der Waals surface area contributed by atoms with Crippen LogP contribution in [-0.2, 0) is 0 Å². The number of nitrogens with zero attached hydrogens (tertiary/aromatic N) is 1. The van der Waals surface area contributed by atoms with Gasteiger partial charge in [0.05, 0.1) is 16.6 Å². The molecule has 0 fully saturated rings. The Morgan fingerprint density at radius 1 is 1.29 bits per heavy atom. The number of imidazole rings is 1. The van der Waals surface area contributed by atoms with Gasteiger partial charge >= 0.3 is 5.69 Å². The Labute approximate surface area is 128 Å². The molecule has 0 aliphatic carbocycles. The minimum atomic E-state index is -0.476. The monoisotopic (exact) mass is 345 g/mol. The summed E-state index contributed by atoms with van der Waals surface area (Å²) in [6.07, 6.45) is 0. The van der Waals surface area contributed by atoms with E-state index in [-0.39, 0.29) is 0 Å². The van der Waals surface area contributed by atoms with Crippen LogP contribution in [0.5, 0.6) is 0 Å². The van der Waals surface area contributed by atoms with Crippen molar-refractivity contribution < 1.29 is 4.79 Å². The highest BCUT2D eigenvalue weighted by atomic mass is 79.9. The van der Waals surface area contributed by atoms with Gasteiger partial charge in [-0.15, -0.1) is 0 Å². The zero-order chi connectivity index (χ0) is 15.1. The largest absolute Gasteiger partial charge is 0.398 e. The zero-order valence-electron chi connectivity index (χ0n) is 11.2. The van der Waals surface area contributed by atoms with E-state index in [1.807, 2.05) is 6.92 Å². The number of hydrogen-bond acceptors (Lipinski definition) is 3. The van der Waals surface area contributed by atoms with Gasteiger partial charge < -0.3 is 10.7 Å². The first-order chi connectivity index (χ1) is 9.99. The molecule has 2 aromatic carbocycles. The summed E-state index contributed by atoms with van der Waals surface area (Å²) < 4.78 is 1.74. The number of aromatic amines is 1. The zero-order valence-corrected chi connectivity index (χ0v) is 12.8. The van der Waals surface area contributed by atoms with Crippen LogP contribution in [-0.4, -0.2) is 15.5 Å². The van der Waals surface area contributed by atoms with Gasteiger partial charge in [-0.3, -0.25) is 4.79 Å². The van der Waals surface area contributed by atoms with Crippen molar-refractivity contribution in [1.82, 2.24) is 9.55 Å². The third kappa shape index (κ3) is 2.17. The fourth-order valence-corrected chi connectivity index (χ4v) is 2.69. The van der Waals surface area contributed by atoms with Gasteiger partial charge in [-0.2, -0.15) is 0 Å². The maximum absolute atomic E-state index is 12.6. The summed E-state index contributed by atoms with van der Waals surface area (Å²) in [5.74, 6) is -0.401. The number of halogens is 1. The van der Waals surface area contributed by atoms with Crippen LogP contribution >= 0.6 is 15.9 Å². The molecular formula is C15H12BrN3O2. The van der Waals surface area contributed by atoms with Crippen LogP contribution in [0.2, 0.25) is 0 Å². The quantitative estimate of drug-likeness (QED) is 0.665. The van der Waals surface area contributed by atoms with Crippen molar-refractivity contribution in [2.45, 2.75) is 6.92 Å². The molecule has 5 nitrogen and oxygen atoms in total. The first-order valence-electron chi connectivity index (χ1n) is 6.29. The third-order valence-corrected chi connectivity index (χ3v) is 4.07. The average molecular weight is 346 g/mol. The predicted molar refractivity (Wildman–Crippen MR) is 85.6 cm³/mol. The standard InChI is InChI=1S/C15H12BrN3O2/c1-8-6-12-13(7-11(8)17)19(15(21)18-12)14(20)9-4-2-3-5-10(9)16/h2-7H,17H2,1H3,(H,18,21). The average Bonchev–Trinajstić information content (AvgIpc) is 2.74. The lowest BCUT2D eigenvalue weighted by Crippen LogP contribution is -2.25. The molecule has 0 unspecified atom stereocenters. The van der Waals surface area contributed by atoms with E-state index in [1.54, 1.807) is 36.4 Å². The molecule has 0 aliphatic rings. The smallest absolute Gasteiger partial charge is 0.333 e. The number of aromatic nitrogens is 2. The van der Waals surface area contributed by atoms with Crippen LogP contribution in [0.3, 0.4) is 0 Å². The van der Waals surface area contributed by atoms with E-state index in [1.165, 1.54) is 0 Å². The lowest BCUT2D eigenvalue weighted by molar-refractivity contribution is 0.0960. The van der Waals surface area contributed by atoms with Crippen molar-refractivity contribution in [3.8, 4) is 0 Å². The maximum Gasteiger partial charge on any atom is 0.333 e. The van der Waals surface area contributed by atoms with Crippen LogP contribution in [0, 0.1) is 6.92 Å². The third-order valence-electron chi connectivity index (χ3n) is 3.38. The van der Waals surface area contributed by atoms with Gasteiger partial charge in [0.2, 0.25) is 0 Å². The number of rotatable bonds is 1. The number of hydrogen-bond donors (Lipinski definition) is 2. The Hall–Kier alpha value is -2.34. The molecule has 0 spiro atoms. The normalized spacial score (nSPS) is 11.0. The molecule has 3 rings (SSSR count). The Balaban J connectivity index is 2.28. The highest BCUT2D eigenvalue weighted by molar-refractivity contribution is 9.10. The van der Waals surface area contributed by atoms with Gasteiger partial charge in [-0.1, -0.05) is 12.1 Å². The van der Waals surface area contributed by atoms with Gasteiger partial charge in [-0.25, -0.2) is 9.36 Å². The molecule has 0 radical (unpaired) electrons. The van der Waals surface area contributed by atoms with Gasteiger partial charge in [0.25, 0.3) is 5.91 Å². The van der Waals surface area contributed by atoms with E-state index in [4.69, 9.17) is 5.73 Å². The van der Waals surface area contributed by atoms with E-state index in [0.717, 1.165) is 10.1 Å². The molecule has 3 aromatic rings. The fourth-order valence-electron chi connectivity index (χ4n) is 2.24. The van der Waals surface area contributed by atoms with Crippen LogP contribution in [0.15, 0.2) is 45.7 Å². The lowest BCUT2D eigenvalue weighted by atomic mass is 10.1. The topological polar surface area (TPSA) is 80.9 Å². The Morgan fingerprint density at radius 3 is 2.71 bits per heavy atom. The lowest BCUT2D eigenvalue weighted by Gasteiger charge is -2.06. The number of aryl methyl sites for hydroxylation is 1. The summed E-state index contributed by atoms with van der Waals surface area (Å²) >= 11 is 3.33. The highest BCUT2D eigenvalue weighted by Gasteiger charge is 2.18. The molecule has 0 aliphatic heterocycles. The number of nitrogens with one attached hydrogen (secondary N) is 1. The molecule has 1 aromatic heterocycles. The van der Waals surface area contributed by atoms with Crippen molar-refractivity contribution in [1.29, 1.82) is 0 Å². The summed E-state index contributed by atoms with van der Waals surface area (Å²) in [5, 5.41) is 0. The molecule has 0 atom stereocenters. The number of nitrogens with two attached hydrogens (primary N) is 1. The molecule has 3 N–H and O–H groups in total. The Morgan fingerprint density at radius 2 is 2.00 bits per heavy atom. The Kier molecular flexibility index (Phi) is 3.17. The van der Waals surface area contributed by atoms with Crippen molar-refractivity contribution in [3.63, 3.8) is 0 Å². The second-order valence-electron chi connectivity index (χ2n) is 4.78. The minimum absolute atomic E-state index is 0.401. The summed E-state index contributed by atoms with van der Waals surface area (Å²) in [6.45, 7) is 1.85. The van der Waals surface area contributed by atoms with Crippen molar-refractivity contribution >= 4 is 38.6 Å².